The van der Waals surface area contributed by atoms with Crippen molar-refractivity contribution in [3.05, 3.63) is 18.0 Å². The topological polar surface area (TPSA) is 33.1 Å². The molecule has 0 saturated heterocycles. The van der Waals surface area contributed by atoms with Crippen LogP contribution in [0.3, 0.4) is 0 Å². The van der Waals surface area contributed by atoms with Gasteiger partial charge in [0.15, 0.2) is 0 Å². The van der Waals surface area contributed by atoms with Gasteiger partial charge in [0.25, 0.3) is 0 Å². The molecule has 0 aliphatic heterocycles. The first-order valence-electron chi connectivity index (χ1n) is 8.48. The van der Waals surface area contributed by atoms with E-state index in [9.17, 15) is 0 Å². The van der Waals surface area contributed by atoms with Crippen LogP contribution in [0.1, 0.15) is 53.2 Å². The number of aromatic nitrogens is 2. The number of rotatable bonds is 10. The van der Waals surface area contributed by atoms with Crippen molar-refractivity contribution in [1.82, 2.24) is 20.0 Å². The van der Waals surface area contributed by atoms with Crippen LogP contribution in [0, 0.1) is 0 Å². The fraction of sp³-hybridized carbons (Fsp3) is 0.824. The van der Waals surface area contributed by atoms with Crippen LogP contribution in [0.5, 0.6) is 0 Å². The van der Waals surface area contributed by atoms with Gasteiger partial charge in [-0.2, -0.15) is 5.10 Å². The summed E-state index contributed by atoms with van der Waals surface area (Å²) >= 11 is 0. The first-order valence-corrected chi connectivity index (χ1v) is 8.48. The Hall–Kier alpha value is -0.870. The summed E-state index contributed by atoms with van der Waals surface area (Å²) in [7, 11) is 2.03. The molecule has 0 radical (unpaired) electrons. The second kappa shape index (κ2) is 8.54. The number of nitrogens with zero attached hydrogens (tertiary/aromatic N) is 3. The maximum Gasteiger partial charge on any atom is 0.0492 e. The van der Waals surface area contributed by atoms with Gasteiger partial charge < -0.3 is 5.32 Å². The molecule has 2 unspecified atom stereocenters. The van der Waals surface area contributed by atoms with Gasteiger partial charge >= 0.3 is 0 Å². The summed E-state index contributed by atoms with van der Waals surface area (Å²) in [5.74, 6) is 0. The summed E-state index contributed by atoms with van der Waals surface area (Å²) in [6, 6.07) is 2.63. The van der Waals surface area contributed by atoms with Crippen LogP contribution in [0.2, 0.25) is 0 Å². The second-order valence-electron chi connectivity index (χ2n) is 5.98. The first-order chi connectivity index (χ1) is 10.0. The zero-order chi connectivity index (χ0) is 15.9. The maximum absolute atomic E-state index is 4.28. The Balaban J connectivity index is 2.84. The van der Waals surface area contributed by atoms with Crippen molar-refractivity contribution in [2.24, 2.45) is 7.05 Å². The van der Waals surface area contributed by atoms with Crippen molar-refractivity contribution in [1.29, 1.82) is 0 Å². The van der Waals surface area contributed by atoms with Crippen molar-refractivity contribution >= 4 is 0 Å². The zero-order valence-corrected chi connectivity index (χ0v) is 14.8. The molecule has 1 aromatic heterocycles. The average Bonchev–Trinajstić information content (AvgIpc) is 2.89. The summed E-state index contributed by atoms with van der Waals surface area (Å²) in [5, 5.41) is 8.01. The van der Waals surface area contributed by atoms with Crippen LogP contribution in [0.25, 0.3) is 0 Å². The van der Waals surface area contributed by atoms with Crippen LogP contribution in [0.4, 0.5) is 0 Å². The largest absolute Gasteiger partial charge is 0.312 e. The lowest BCUT2D eigenvalue weighted by Crippen LogP contribution is -2.59. The molecule has 1 heterocycles. The van der Waals surface area contributed by atoms with Crippen LogP contribution in [-0.2, 0) is 13.5 Å². The normalized spacial score (nSPS) is 16.1. The molecule has 21 heavy (non-hydrogen) atoms. The minimum atomic E-state index is 0.206. The highest BCUT2D eigenvalue weighted by molar-refractivity contribution is 5.03. The van der Waals surface area contributed by atoms with E-state index in [1.165, 1.54) is 5.69 Å². The standard InChI is InChI=1S/C17H34N4/c1-7-17(5,21(9-3)10-4)16(18-8-2)12-11-15-13-14-19-20(15)6/h13-14,16,18H,7-12H2,1-6H3. The Labute approximate surface area is 130 Å². The highest BCUT2D eigenvalue weighted by Gasteiger charge is 2.36. The zero-order valence-electron chi connectivity index (χ0n) is 14.8. The van der Waals surface area contributed by atoms with E-state index in [1.807, 2.05) is 17.9 Å². The molecule has 0 aromatic carbocycles. The summed E-state index contributed by atoms with van der Waals surface area (Å²) in [5.41, 5.74) is 1.52. The minimum Gasteiger partial charge on any atom is -0.312 e. The van der Waals surface area contributed by atoms with Gasteiger partial charge in [-0.05, 0) is 51.9 Å². The minimum absolute atomic E-state index is 0.206. The molecule has 0 fully saturated rings. The van der Waals surface area contributed by atoms with Crippen molar-refractivity contribution in [3.8, 4) is 0 Å². The van der Waals surface area contributed by atoms with Gasteiger partial charge in [0, 0.05) is 30.5 Å². The third kappa shape index (κ3) is 4.30. The second-order valence-corrected chi connectivity index (χ2v) is 5.98. The van der Waals surface area contributed by atoms with Gasteiger partial charge in [-0.1, -0.05) is 27.7 Å². The monoisotopic (exact) mass is 294 g/mol. The molecule has 0 saturated carbocycles. The molecule has 122 valence electrons. The Kier molecular flexibility index (Phi) is 7.40. The molecule has 0 aliphatic rings. The molecule has 0 amide bonds. The third-order valence-electron chi connectivity index (χ3n) is 5.01. The SMILES string of the molecule is CCNC(CCc1ccnn1C)C(C)(CC)N(CC)CC. The Morgan fingerprint density at radius 2 is 1.95 bits per heavy atom. The Morgan fingerprint density at radius 3 is 2.38 bits per heavy atom. The van der Waals surface area contributed by atoms with E-state index < -0.39 is 0 Å². The lowest BCUT2D eigenvalue weighted by atomic mass is 9.84. The number of hydrogen-bond acceptors (Lipinski definition) is 3. The molecule has 1 aromatic rings. The van der Waals surface area contributed by atoms with Crippen LogP contribution in [-0.4, -0.2) is 45.9 Å². The van der Waals surface area contributed by atoms with Crippen molar-refractivity contribution in [2.75, 3.05) is 19.6 Å². The van der Waals surface area contributed by atoms with E-state index in [-0.39, 0.29) is 5.54 Å². The lowest BCUT2D eigenvalue weighted by molar-refractivity contribution is 0.0672. The fourth-order valence-electron chi connectivity index (χ4n) is 3.45. The molecule has 1 rings (SSSR count). The van der Waals surface area contributed by atoms with Crippen molar-refractivity contribution in [3.63, 3.8) is 0 Å². The van der Waals surface area contributed by atoms with Gasteiger partial charge in [0.2, 0.25) is 0 Å². The highest BCUT2D eigenvalue weighted by atomic mass is 15.3. The quantitative estimate of drug-likeness (QED) is 0.720. The molecule has 0 spiro atoms. The lowest BCUT2D eigenvalue weighted by Gasteiger charge is -2.46. The summed E-state index contributed by atoms with van der Waals surface area (Å²) in [6.45, 7) is 14.7. The molecule has 0 aliphatic carbocycles. The predicted octanol–water partition coefficient (Wildman–Crippen LogP) is 2.84. The highest BCUT2D eigenvalue weighted by Crippen LogP contribution is 2.26. The van der Waals surface area contributed by atoms with Gasteiger partial charge in [0.1, 0.15) is 0 Å². The van der Waals surface area contributed by atoms with E-state index in [0.29, 0.717) is 6.04 Å². The van der Waals surface area contributed by atoms with Gasteiger partial charge in [-0.3, -0.25) is 9.58 Å². The Morgan fingerprint density at radius 1 is 1.29 bits per heavy atom. The van der Waals surface area contributed by atoms with E-state index in [4.69, 9.17) is 0 Å². The average molecular weight is 294 g/mol. The maximum atomic E-state index is 4.28. The van der Waals surface area contributed by atoms with E-state index >= 15 is 0 Å². The third-order valence-corrected chi connectivity index (χ3v) is 5.01. The van der Waals surface area contributed by atoms with Crippen molar-refractivity contribution < 1.29 is 0 Å². The summed E-state index contributed by atoms with van der Waals surface area (Å²) in [4.78, 5) is 2.60. The van der Waals surface area contributed by atoms with Gasteiger partial charge in [-0.15, -0.1) is 0 Å². The number of nitrogens with one attached hydrogen (secondary N) is 1. The van der Waals surface area contributed by atoms with Crippen LogP contribution < -0.4 is 5.32 Å². The van der Waals surface area contributed by atoms with Crippen LogP contribution >= 0.6 is 0 Å². The smallest absolute Gasteiger partial charge is 0.0492 e. The predicted molar refractivity (Wildman–Crippen MR) is 90.6 cm³/mol. The summed E-state index contributed by atoms with van der Waals surface area (Å²) < 4.78 is 1.99. The van der Waals surface area contributed by atoms with Crippen molar-refractivity contribution in [2.45, 2.75) is 65.5 Å². The molecule has 0 bridgehead atoms. The summed E-state index contributed by atoms with van der Waals surface area (Å²) in [6.07, 6.45) is 5.28. The number of likely N-dealkylation sites (N-methyl/N-ethyl adjacent to an activating group) is 2. The molecular formula is C17H34N4. The molecule has 4 heteroatoms. The molecule has 4 nitrogen and oxygen atoms in total. The number of hydrogen-bond donors (Lipinski definition) is 1. The first kappa shape index (κ1) is 18.2. The molecular weight excluding hydrogens is 260 g/mol. The van der Waals surface area contributed by atoms with E-state index in [2.05, 4.69) is 56.0 Å². The molecule has 2 atom stereocenters. The van der Waals surface area contributed by atoms with Gasteiger partial charge in [0.05, 0.1) is 0 Å². The van der Waals surface area contributed by atoms with Crippen LogP contribution in [0.15, 0.2) is 12.3 Å². The van der Waals surface area contributed by atoms with E-state index in [0.717, 1.165) is 38.9 Å². The van der Waals surface area contributed by atoms with E-state index in [1.54, 1.807) is 0 Å². The Bertz CT molecular complexity index is 397. The number of aryl methyl sites for hydroxylation is 2. The molecule has 1 N–H and O–H groups in total. The fourth-order valence-corrected chi connectivity index (χ4v) is 3.45. The van der Waals surface area contributed by atoms with Gasteiger partial charge in [-0.25, -0.2) is 0 Å².